The van der Waals surface area contributed by atoms with E-state index in [1.807, 2.05) is 11.9 Å². The summed E-state index contributed by atoms with van der Waals surface area (Å²) < 4.78 is 10.1. The van der Waals surface area contributed by atoms with Crippen LogP contribution in [0.25, 0.3) is 5.70 Å². The van der Waals surface area contributed by atoms with Crippen LogP contribution in [-0.4, -0.2) is 24.9 Å². The average molecular weight is 553 g/mol. The molecule has 0 aromatic heterocycles. The highest BCUT2D eigenvalue weighted by molar-refractivity contribution is 7.98. The number of halogens is 1. The standard InChI is InChI=1S/C33H45ClN2OS/c1-5-8-27-17-30(34)14-15-31(27)29-20-36-19-28-12-11-25(28)10-7-6-9-22(2)24(4)38-35-23(3)26-13-16-33(37-21-29)32(36)18-26/h13-18,22,24-25,28-29,35H,3,5-12,19-21H2,1-2,4H3. The van der Waals surface area contributed by atoms with Crippen molar-refractivity contribution in [1.29, 1.82) is 0 Å². The van der Waals surface area contributed by atoms with Crippen LogP contribution in [0.4, 0.5) is 5.69 Å². The van der Waals surface area contributed by atoms with E-state index >= 15 is 0 Å². The van der Waals surface area contributed by atoms with E-state index in [9.17, 15) is 0 Å². The summed E-state index contributed by atoms with van der Waals surface area (Å²) in [6.45, 7) is 14.2. The Morgan fingerprint density at radius 3 is 2.63 bits per heavy atom. The molecule has 206 valence electrons. The number of anilines is 1. The van der Waals surface area contributed by atoms with Gasteiger partial charge in [-0.2, -0.15) is 0 Å². The van der Waals surface area contributed by atoms with Gasteiger partial charge in [0.25, 0.3) is 0 Å². The Morgan fingerprint density at radius 1 is 1.03 bits per heavy atom. The third-order valence-corrected chi connectivity index (χ3v) is 10.7. The van der Waals surface area contributed by atoms with E-state index < -0.39 is 0 Å². The Hall–Kier alpha value is -1.78. The first kappa shape index (κ1) is 27.8. The molecule has 5 unspecified atom stereocenters. The van der Waals surface area contributed by atoms with Crippen LogP contribution in [0.15, 0.2) is 43.0 Å². The molecule has 1 fully saturated rings. The van der Waals surface area contributed by atoms with Gasteiger partial charge in [-0.05, 0) is 96.8 Å². The zero-order valence-corrected chi connectivity index (χ0v) is 25.1. The molecule has 0 radical (unpaired) electrons. The van der Waals surface area contributed by atoms with E-state index in [-0.39, 0.29) is 0 Å². The molecule has 3 nitrogen and oxygen atoms in total. The highest BCUT2D eigenvalue weighted by Gasteiger charge is 2.35. The van der Waals surface area contributed by atoms with Crippen LogP contribution in [0.1, 0.15) is 88.3 Å². The maximum absolute atomic E-state index is 6.56. The van der Waals surface area contributed by atoms with Crippen molar-refractivity contribution in [2.24, 2.45) is 17.8 Å². The van der Waals surface area contributed by atoms with E-state index in [0.717, 1.165) is 59.8 Å². The number of ether oxygens (including phenoxy) is 1. The van der Waals surface area contributed by atoms with E-state index in [1.54, 1.807) is 0 Å². The third-order valence-electron chi connectivity index (χ3n) is 9.28. The fourth-order valence-electron chi connectivity index (χ4n) is 6.49. The smallest absolute Gasteiger partial charge is 0.142 e. The van der Waals surface area contributed by atoms with Crippen LogP contribution >= 0.6 is 23.5 Å². The van der Waals surface area contributed by atoms with Crippen molar-refractivity contribution in [3.8, 4) is 5.75 Å². The van der Waals surface area contributed by atoms with E-state index in [4.69, 9.17) is 16.3 Å². The number of rotatable bonds is 3. The fourth-order valence-corrected chi connectivity index (χ4v) is 7.50. The summed E-state index contributed by atoms with van der Waals surface area (Å²) in [5.74, 6) is 3.65. The lowest BCUT2D eigenvalue weighted by Gasteiger charge is -2.41. The number of aryl methyl sites for hydroxylation is 1. The molecule has 0 spiro atoms. The van der Waals surface area contributed by atoms with Crippen LogP contribution in [0.3, 0.4) is 0 Å². The topological polar surface area (TPSA) is 24.5 Å². The molecule has 5 rings (SSSR count). The summed E-state index contributed by atoms with van der Waals surface area (Å²) in [5.41, 5.74) is 6.12. The van der Waals surface area contributed by atoms with Crippen molar-refractivity contribution in [2.75, 3.05) is 24.6 Å². The monoisotopic (exact) mass is 552 g/mol. The fraction of sp³-hybridized carbons (Fsp3) is 0.576. The van der Waals surface area contributed by atoms with Crippen LogP contribution in [0.2, 0.25) is 5.02 Å². The SMILES string of the molecule is C=C1NSC(C)C(C)CCCCC2CCC2CN2CC(c3ccc(Cl)cc3CCC)COc3ccc1cc32. The molecule has 2 aliphatic heterocycles. The van der Waals surface area contributed by atoms with Gasteiger partial charge >= 0.3 is 0 Å². The van der Waals surface area contributed by atoms with Gasteiger partial charge < -0.3 is 14.4 Å². The van der Waals surface area contributed by atoms with Gasteiger partial charge in [-0.3, -0.25) is 0 Å². The first-order valence-electron chi connectivity index (χ1n) is 14.8. The molecule has 0 saturated heterocycles. The van der Waals surface area contributed by atoms with E-state index in [2.05, 4.69) is 73.4 Å². The zero-order valence-electron chi connectivity index (χ0n) is 23.5. The van der Waals surface area contributed by atoms with Gasteiger partial charge in [-0.25, -0.2) is 0 Å². The van der Waals surface area contributed by atoms with Crippen molar-refractivity contribution in [2.45, 2.75) is 83.3 Å². The minimum Gasteiger partial charge on any atom is -0.491 e. The molecule has 1 saturated carbocycles. The second-order valence-electron chi connectivity index (χ2n) is 12.0. The molecule has 2 aromatic carbocycles. The highest BCUT2D eigenvalue weighted by atomic mass is 35.5. The number of fused-ring (bicyclic) bond motifs is 2. The minimum absolute atomic E-state index is 0.313. The number of nitrogens with zero attached hydrogens (tertiary/aromatic N) is 1. The molecule has 2 heterocycles. The van der Waals surface area contributed by atoms with Crippen molar-refractivity contribution >= 4 is 34.9 Å². The summed E-state index contributed by atoms with van der Waals surface area (Å²) in [7, 11) is 0. The molecule has 5 atom stereocenters. The van der Waals surface area contributed by atoms with Crippen LogP contribution < -0.4 is 14.4 Å². The van der Waals surface area contributed by atoms with E-state index in [1.165, 1.54) is 55.3 Å². The Bertz CT molecular complexity index is 1120. The molecular formula is C33H45ClN2OS. The number of hydrogen-bond donors (Lipinski definition) is 1. The van der Waals surface area contributed by atoms with Crippen LogP contribution in [-0.2, 0) is 6.42 Å². The van der Waals surface area contributed by atoms with Crippen molar-refractivity contribution in [3.63, 3.8) is 0 Å². The average Bonchev–Trinajstić information content (AvgIpc) is 3.08. The predicted molar refractivity (Wildman–Crippen MR) is 165 cm³/mol. The molecule has 2 aromatic rings. The van der Waals surface area contributed by atoms with E-state index in [0.29, 0.717) is 23.7 Å². The van der Waals surface area contributed by atoms with Crippen molar-refractivity contribution in [1.82, 2.24) is 4.72 Å². The second kappa shape index (κ2) is 12.6. The Balaban J connectivity index is 1.47. The number of benzene rings is 2. The lowest BCUT2D eigenvalue weighted by atomic mass is 9.70. The predicted octanol–water partition coefficient (Wildman–Crippen LogP) is 9.11. The Labute approximate surface area is 239 Å². The largest absolute Gasteiger partial charge is 0.491 e. The van der Waals surface area contributed by atoms with Crippen LogP contribution in [0, 0.1) is 17.8 Å². The summed E-state index contributed by atoms with van der Waals surface area (Å²) >= 11 is 8.24. The van der Waals surface area contributed by atoms with Gasteiger partial charge in [0.2, 0.25) is 0 Å². The first-order valence-corrected chi connectivity index (χ1v) is 16.1. The van der Waals surface area contributed by atoms with Gasteiger partial charge in [0, 0.05) is 40.5 Å². The van der Waals surface area contributed by atoms with Crippen molar-refractivity contribution in [3.05, 3.63) is 64.7 Å². The van der Waals surface area contributed by atoms with Gasteiger partial charge in [-0.1, -0.05) is 70.7 Å². The molecule has 3 aliphatic rings. The normalized spacial score (nSPS) is 28.4. The molecule has 2 bridgehead atoms. The lowest BCUT2D eigenvalue weighted by Crippen LogP contribution is -2.40. The van der Waals surface area contributed by atoms with Gasteiger partial charge in [0.1, 0.15) is 5.75 Å². The number of hydrogen-bond acceptors (Lipinski definition) is 4. The van der Waals surface area contributed by atoms with Crippen LogP contribution in [0.5, 0.6) is 5.75 Å². The lowest BCUT2D eigenvalue weighted by molar-refractivity contribution is 0.163. The highest BCUT2D eigenvalue weighted by Crippen LogP contribution is 2.43. The summed E-state index contributed by atoms with van der Waals surface area (Å²) in [6, 6.07) is 13.1. The number of nitrogens with one attached hydrogen (secondary N) is 1. The zero-order chi connectivity index (χ0) is 26.6. The summed E-state index contributed by atoms with van der Waals surface area (Å²) in [5, 5.41) is 1.38. The van der Waals surface area contributed by atoms with Gasteiger partial charge in [-0.15, -0.1) is 0 Å². The molecule has 5 heteroatoms. The first-order chi connectivity index (χ1) is 18.4. The maximum Gasteiger partial charge on any atom is 0.142 e. The summed E-state index contributed by atoms with van der Waals surface area (Å²) in [4.78, 5) is 2.65. The van der Waals surface area contributed by atoms with Gasteiger partial charge in [0.05, 0.1) is 12.3 Å². The maximum atomic E-state index is 6.56. The second-order valence-corrected chi connectivity index (χ2v) is 13.6. The molecule has 1 aliphatic carbocycles. The van der Waals surface area contributed by atoms with Gasteiger partial charge in [0.15, 0.2) is 0 Å². The Morgan fingerprint density at radius 2 is 1.84 bits per heavy atom. The molecule has 1 N–H and O–H groups in total. The minimum atomic E-state index is 0.313. The van der Waals surface area contributed by atoms with Crippen molar-refractivity contribution < 1.29 is 4.74 Å². The molecule has 38 heavy (non-hydrogen) atoms. The Kier molecular flexibility index (Phi) is 9.21. The quantitative estimate of drug-likeness (QED) is 0.384. The third kappa shape index (κ3) is 6.33. The molecular weight excluding hydrogens is 508 g/mol. The molecule has 0 amide bonds. The summed E-state index contributed by atoms with van der Waals surface area (Å²) in [6.07, 6.45) is 10.3.